The van der Waals surface area contributed by atoms with Gasteiger partial charge in [0.05, 0.1) is 5.41 Å². The van der Waals surface area contributed by atoms with E-state index in [-0.39, 0.29) is 27.6 Å². The summed E-state index contributed by atoms with van der Waals surface area (Å²) in [5.41, 5.74) is 3.82. The van der Waals surface area contributed by atoms with Crippen molar-refractivity contribution >= 4 is 11.5 Å². The molecule has 0 heterocycles. The average Bonchev–Trinajstić information content (AvgIpc) is 3.26. The van der Waals surface area contributed by atoms with Crippen molar-refractivity contribution in [1.29, 1.82) is 0 Å². The highest BCUT2D eigenvalue weighted by molar-refractivity contribution is 5.76. The molecule has 0 saturated heterocycles. The van der Waals surface area contributed by atoms with Gasteiger partial charge in [-0.25, -0.2) is 0 Å². The maximum Gasteiger partial charge on any atom is 0.309 e. The molecule has 3 nitrogen and oxygen atoms in total. The molecule has 9 atom stereocenters. The fourth-order valence-corrected chi connectivity index (χ4v) is 12.3. The first-order chi connectivity index (χ1) is 18.2. The van der Waals surface area contributed by atoms with Crippen LogP contribution in [0, 0.1) is 56.7 Å². The summed E-state index contributed by atoms with van der Waals surface area (Å²) in [5.74, 6) is 2.06. The first-order valence-corrected chi connectivity index (χ1v) is 15.6. The van der Waals surface area contributed by atoms with Crippen LogP contribution in [-0.2, 0) is 4.79 Å². The fraction of sp³-hybridized carbons (Fsp3) is 0.694. The minimum Gasteiger partial charge on any atom is -0.508 e. The van der Waals surface area contributed by atoms with E-state index in [1.165, 1.54) is 30.4 Å². The standard InChI is InChI=1S/C36H50O3/c1-22(2)25-13-18-36(31(38)39)20-19-34(6)27(30(25)36)11-12-29-33(5)16-14-26(23-9-8-10-24(37)21-23)32(3,4)28(33)15-17-35(29,34)7/h8-10,14,21,25,27-30,37H,1,11-13,15-20H2,2-7H3,(H,38,39)/t25-,27+,28-,29+,30+,33-,34+,35+,36-/m0/s1. The Labute approximate surface area is 236 Å². The van der Waals surface area contributed by atoms with Gasteiger partial charge < -0.3 is 10.2 Å². The van der Waals surface area contributed by atoms with Gasteiger partial charge in [-0.2, -0.15) is 0 Å². The molecule has 0 radical (unpaired) electrons. The van der Waals surface area contributed by atoms with Crippen LogP contribution in [0.4, 0.5) is 0 Å². The van der Waals surface area contributed by atoms with Gasteiger partial charge in [0.1, 0.15) is 5.75 Å². The van der Waals surface area contributed by atoms with Crippen LogP contribution >= 0.6 is 0 Å². The number of allylic oxidation sites excluding steroid dienone is 3. The highest BCUT2D eigenvalue weighted by Crippen LogP contribution is 2.77. The zero-order valence-corrected chi connectivity index (χ0v) is 25.1. The monoisotopic (exact) mass is 530 g/mol. The predicted octanol–water partition coefficient (Wildman–Crippen LogP) is 9.13. The third-order valence-corrected chi connectivity index (χ3v) is 14.2. The summed E-state index contributed by atoms with van der Waals surface area (Å²) < 4.78 is 0. The maximum absolute atomic E-state index is 12.9. The van der Waals surface area contributed by atoms with E-state index >= 15 is 0 Å². The van der Waals surface area contributed by atoms with Gasteiger partial charge in [0.15, 0.2) is 0 Å². The number of carbonyl (C=O) groups is 1. The summed E-state index contributed by atoms with van der Waals surface area (Å²) >= 11 is 0. The lowest BCUT2D eigenvalue weighted by molar-refractivity contribution is -0.227. The van der Waals surface area contributed by atoms with Crippen molar-refractivity contribution in [3.8, 4) is 5.75 Å². The van der Waals surface area contributed by atoms with Crippen molar-refractivity contribution in [3.63, 3.8) is 0 Å². The van der Waals surface area contributed by atoms with Gasteiger partial charge >= 0.3 is 5.97 Å². The molecule has 0 aliphatic heterocycles. The molecule has 2 N–H and O–H groups in total. The van der Waals surface area contributed by atoms with Gasteiger partial charge in [-0.05, 0) is 139 Å². The Bertz CT molecular complexity index is 1240. The smallest absolute Gasteiger partial charge is 0.309 e. The molecule has 0 unspecified atom stereocenters. The molecule has 212 valence electrons. The number of benzene rings is 1. The normalized spacial score (nSPS) is 46.2. The molecule has 39 heavy (non-hydrogen) atoms. The second-order valence-electron chi connectivity index (χ2n) is 15.7. The van der Waals surface area contributed by atoms with Crippen molar-refractivity contribution in [3.05, 3.63) is 48.1 Å². The van der Waals surface area contributed by atoms with E-state index < -0.39 is 11.4 Å². The number of hydrogen-bond donors (Lipinski definition) is 2. The topological polar surface area (TPSA) is 57.5 Å². The van der Waals surface area contributed by atoms with Crippen molar-refractivity contribution in [1.82, 2.24) is 0 Å². The molecule has 0 bridgehead atoms. The van der Waals surface area contributed by atoms with Crippen LogP contribution in [0.25, 0.3) is 5.57 Å². The SMILES string of the molecule is C=C(C)[C@@H]1CC[C@]2(C(=O)O)CC[C@]3(C)[C@H](CC[C@@H]4[C@@]5(C)CC=C(c6cccc(O)c6)C(C)(C)[C@@H]5CC[C@]43C)[C@@H]12. The molecule has 4 saturated carbocycles. The van der Waals surface area contributed by atoms with E-state index in [2.05, 4.69) is 60.3 Å². The summed E-state index contributed by atoms with van der Waals surface area (Å²) in [7, 11) is 0. The van der Waals surface area contributed by atoms with Gasteiger partial charge in [-0.3, -0.25) is 4.79 Å². The zero-order chi connectivity index (χ0) is 28.2. The number of aromatic hydroxyl groups is 1. The second kappa shape index (κ2) is 8.49. The van der Waals surface area contributed by atoms with Crippen molar-refractivity contribution in [2.45, 2.75) is 99.3 Å². The van der Waals surface area contributed by atoms with Crippen molar-refractivity contribution in [2.75, 3.05) is 0 Å². The quantitative estimate of drug-likeness (QED) is 0.383. The number of phenols is 1. The lowest BCUT2D eigenvalue weighted by Crippen LogP contribution is -2.65. The van der Waals surface area contributed by atoms with Crippen LogP contribution in [0.5, 0.6) is 5.75 Å². The van der Waals surface area contributed by atoms with E-state index in [1.54, 1.807) is 6.07 Å². The Morgan fingerprint density at radius 3 is 2.33 bits per heavy atom. The third kappa shape index (κ3) is 3.37. The van der Waals surface area contributed by atoms with Gasteiger partial charge in [-0.15, -0.1) is 0 Å². The van der Waals surface area contributed by atoms with Crippen molar-refractivity contribution < 1.29 is 15.0 Å². The average molecular weight is 531 g/mol. The first-order valence-electron chi connectivity index (χ1n) is 15.6. The fourth-order valence-electron chi connectivity index (χ4n) is 12.3. The minimum atomic E-state index is -0.552. The Hall–Kier alpha value is -2.03. The number of carboxylic acids is 1. The summed E-state index contributed by atoms with van der Waals surface area (Å²) in [5, 5.41) is 20.8. The molecule has 1 aromatic rings. The van der Waals surface area contributed by atoms with Crippen LogP contribution in [-0.4, -0.2) is 16.2 Å². The first kappa shape index (κ1) is 27.2. The predicted molar refractivity (Wildman–Crippen MR) is 158 cm³/mol. The molecule has 1 aromatic carbocycles. The number of phenolic OH excluding ortho intramolecular Hbond substituents is 1. The third-order valence-electron chi connectivity index (χ3n) is 14.2. The van der Waals surface area contributed by atoms with Gasteiger partial charge in [-0.1, -0.05) is 65.0 Å². The van der Waals surface area contributed by atoms with Gasteiger partial charge in [0.2, 0.25) is 0 Å². The molecule has 0 aromatic heterocycles. The van der Waals surface area contributed by atoms with E-state index in [4.69, 9.17) is 0 Å². The number of carboxylic acid groups (broad SMARTS) is 1. The molecule has 5 aliphatic carbocycles. The zero-order valence-electron chi connectivity index (χ0n) is 25.1. The molecule has 0 spiro atoms. The van der Waals surface area contributed by atoms with Crippen LogP contribution in [0.2, 0.25) is 0 Å². The number of hydrogen-bond acceptors (Lipinski definition) is 2. The van der Waals surface area contributed by atoms with Gasteiger partial charge in [0, 0.05) is 0 Å². The minimum absolute atomic E-state index is 0.0292. The summed E-state index contributed by atoms with van der Waals surface area (Å²) in [4.78, 5) is 12.9. The molecule has 3 heteroatoms. The van der Waals surface area contributed by atoms with Crippen LogP contribution < -0.4 is 0 Å². The Kier molecular flexibility index (Phi) is 5.91. The van der Waals surface area contributed by atoms with Crippen molar-refractivity contribution in [2.24, 2.45) is 56.7 Å². The molecular formula is C36H50O3. The molecule has 0 amide bonds. The molecule has 5 aliphatic rings. The van der Waals surface area contributed by atoms with E-state index in [0.717, 1.165) is 44.1 Å². The largest absolute Gasteiger partial charge is 0.508 e. The summed E-state index contributed by atoms with van der Waals surface area (Å²) in [6.45, 7) is 19.2. The van der Waals surface area contributed by atoms with Crippen LogP contribution in [0.3, 0.4) is 0 Å². The summed E-state index contributed by atoms with van der Waals surface area (Å²) in [6.07, 6.45) is 12.1. The Balaban J connectivity index is 1.40. The van der Waals surface area contributed by atoms with Crippen LogP contribution in [0.1, 0.15) is 105 Å². The number of rotatable bonds is 3. The number of fused-ring (bicyclic) bond motifs is 7. The maximum atomic E-state index is 12.9. The van der Waals surface area contributed by atoms with E-state index in [0.29, 0.717) is 29.4 Å². The van der Waals surface area contributed by atoms with Gasteiger partial charge in [0.25, 0.3) is 0 Å². The highest BCUT2D eigenvalue weighted by Gasteiger charge is 2.71. The van der Waals surface area contributed by atoms with E-state index in [1.807, 2.05) is 12.1 Å². The molecule has 6 rings (SSSR count). The van der Waals surface area contributed by atoms with Crippen LogP contribution in [0.15, 0.2) is 42.5 Å². The highest BCUT2D eigenvalue weighted by atomic mass is 16.4. The second-order valence-corrected chi connectivity index (χ2v) is 15.7. The Morgan fingerprint density at radius 2 is 1.67 bits per heavy atom. The lowest BCUT2D eigenvalue weighted by Gasteiger charge is -2.72. The Morgan fingerprint density at radius 1 is 0.923 bits per heavy atom. The number of aliphatic carboxylic acids is 1. The van der Waals surface area contributed by atoms with E-state index in [9.17, 15) is 15.0 Å². The molecule has 4 fully saturated rings. The summed E-state index contributed by atoms with van der Waals surface area (Å²) in [6, 6.07) is 7.83. The lowest BCUT2D eigenvalue weighted by atomic mass is 9.32. The molecular weight excluding hydrogens is 480 g/mol.